The van der Waals surface area contributed by atoms with Crippen molar-refractivity contribution >= 4 is 17.3 Å². The Kier molecular flexibility index (Phi) is 6.99. The Morgan fingerprint density at radius 2 is 1.79 bits per heavy atom. The molecule has 0 spiro atoms. The van der Waals surface area contributed by atoms with Crippen LogP contribution in [0.2, 0.25) is 0 Å². The maximum atomic E-state index is 12.8. The summed E-state index contributed by atoms with van der Waals surface area (Å²) >= 11 is 0. The van der Waals surface area contributed by atoms with E-state index >= 15 is 0 Å². The number of ether oxygens (including phenoxy) is 1. The Morgan fingerprint density at radius 1 is 1.06 bits per heavy atom. The lowest BCUT2D eigenvalue weighted by Gasteiger charge is -2.35. The van der Waals surface area contributed by atoms with E-state index < -0.39 is 0 Å². The smallest absolute Gasteiger partial charge is 0.255 e. The second-order valence-electron chi connectivity index (χ2n) is 8.49. The molecule has 0 bridgehead atoms. The molecule has 2 aromatic carbocycles. The Morgan fingerprint density at radius 3 is 2.39 bits per heavy atom. The average molecular weight is 449 g/mol. The molecule has 7 heteroatoms. The minimum Gasteiger partial charge on any atom is -0.489 e. The number of anilines is 2. The van der Waals surface area contributed by atoms with Gasteiger partial charge in [0, 0.05) is 43.1 Å². The Bertz CT molecular complexity index is 1080. The van der Waals surface area contributed by atoms with E-state index in [2.05, 4.69) is 39.3 Å². The molecule has 1 aromatic heterocycles. The number of rotatable bonds is 7. The number of likely N-dealkylation sites (N-methyl/N-ethyl adjacent to an activating group) is 1. The molecular formula is C26H32N4O3. The predicted octanol–water partition coefficient (Wildman–Crippen LogP) is 4.57. The summed E-state index contributed by atoms with van der Waals surface area (Å²) in [6.45, 7) is 13.7. The normalized spacial score (nSPS) is 14.4. The van der Waals surface area contributed by atoms with Gasteiger partial charge in [-0.1, -0.05) is 12.1 Å². The van der Waals surface area contributed by atoms with E-state index in [0.717, 1.165) is 61.0 Å². The first kappa shape index (κ1) is 22.9. The lowest BCUT2D eigenvalue weighted by atomic mass is 10.1. The first-order chi connectivity index (χ1) is 15.9. The van der Waals surface area contributed by atoms with E-state index in [1.807, 2.05) is 26.8 Å². The number of aromatic nitrogens is 1. The van der Waals surface area contributed by atoms with Gasteiger partial charge in [-0.05, 0) is 75.3 Å². The standard InChI is InChI=1S/C26H32N4O3/c1-5-29-12-14-30(15-13-29)22-8-11-25(18(2)16-22)27-26(31)21-6-9-23(10-7-21)32-17-24-19(3)28-33-20(24)4/h6-11,16H,5,12-15,17H2,1-4H3,(H,27,31). The van der Waals surface area contributed by atoms with Gasteiger partial charge in [0.2, 0.25) is 0 Å². The third-order valence-corrected chi connectivity index (χ3v) is 6.32. The number of hydrogen-bond donors (Lipinski definition) is 1. The summed E-state index contributed by atoms with van der Waals surface area (Å²) < 4.78 is 11.0. The molecule has 1 aliphatic rings. The van der Waals surface area contributed by atoms with Gasteiger partial charge in [0.1, 0.15) is 18.1 Å². The SMILES string of the molecule is CCN1CCN(c2ccc(NC(=O)c3ccc(OCc4c(C)noc4C)cc3)c(C)c2)CC1. The van der Waals surface area contributed by atoms with Gasteiger partial charge in [0.15, 0.2) is 0 Å². The third-order valence-electron chi connectivity index (χ3n) is 6.32. The maximum absolute atomic E-state index is 12.8. The third kappa shape index (κ3) is 5.37. The van der Waals surface area contributed by atoms with Crippen LogP contribution in [0.15, 0.2) is 47.0 Å². The van der Waals surface area contributed by atoms with Gasteiger partial charge < -0.3 is 24.4 Å². The predicted molar refractivity (Wildman–Crippen MR) is 130 cm³/mol. The van der Waals surface area contributed by atoms with Crippen molar-refractivity contribution in [1.82, 2.24) is 10.1 Å². The highest BCUT2D eigenvalue weighted by molar-refractivity contribution is 6.04. The van der Waals surface area contributed by atoms with E-state index in [9.17, 15) is 4.79 Å². The highest BCUT2D eigenvalue weighted by atomic mass is 16.5. The second-order valence-corrected chi connectivity index (χ2v) is 8.49. The molecule has 1 saturated heterocycles. The lowest BCUT2D eigenvalue weighted by molar-refractivity contribution is 0.102. The molecule has 0 saturated carbocycles. The van der Waals surface area contributed by atoms with Crippen LogP contribution in [0.1, 0.15) is 39.9 Å². The van der Waals surface area contributed by atoms with Crippen LogP contribution in [0, 0.1) is 20.8 Å². The Labute approximate surface area is 195 Å². The Balaban J connectivity index is 1.35. The van der Waals surface area contributed by atoms with Crippen LogP contribution in [0.4, 0.5) is 11.4 Å². The number of carbonyl (C=O) groups is 1. The molecule has 1 fully saturated rings. The topological polar surface area (TPSA) is 70.8 Å². The average Bonchev–Trinajstić information content (AvgIpc) is 3.16. The van der Waals surface area contributed by atoms with E-state index in [4.69, 9.17) is 9.26 Å². The molecule has 3 aromatic rings. The second kappa shape index (κ2) is 10.1. The van der Waals surface area contributed by atoms with Crippen molar-refractivity contribution in [2.45, 2.75) is 34.3 Å². The fourth-order valence-electron chi connectivity index (χ4n) is 4.07. The van der Waals surface area contributed by atoms with E-state index in [1.165, 1.54) is 5.69 Å². The zero-order valence-corrected chi connectivity index (χ0v) is 19.9. The number of benzene rings is 2. The molecule has 0 unspecified atom stereocenters. The Hall–Kier alpha value is -3.32. The van der Waals surface area contributed by atoms with Gasteiger partial charge in [-0.2, -0.15) is 0 Å². The molecule has 2 heterocycles. The largest absolute Gasteiger partial charge is 0.489 e. The minimum absolute atomic E-state index is 0.139. The zero-order valence-electron chi connectivity index (χ0n) is 19.9. The monoisotopic (exact) mass is 448 g/mol. The van der Waals surface area contributed by atoms with Gasteiger partial charge in [0.25, 0.3) is 5.91 Å². The van der Waals surface area contributed by atoms with Gasteiger partial charge >= 0.3 is 0 Å². The zero-order chi connectivity index (χ0) is 23.4. The fourth-order valence-corrected chi connectivity index (χ4v) is 4.07. The van der Waals surface area contributed by atoms with Crippen LogP contribution in [0.25, 0.3) is 0 Å². The van der Waals surface area contributed by atoms with Gasteiger partial charge in [-0.3, -0.25) is 4.79 Å². The molecule has 1 aliphatic heterocycles. The maximum Gasteiger partial charge on any atom is 0.255 e. The highest BCUT2D eigenvalue weighted by Gasteiger charge is 2.17. The van der Waals surface area contributed by atoms with Crippen LogP contribution in [0.3, 0.4) is 0 Å². The van der Waals surface area contributed by atoms with Crippen molar-refractivity contribution < 1.29 is 14.1 Å². The van der Waals surface area contributed by atoms with Crippen molar-refractivity contribution in [3.05, 3.63) is 70.6 Å². The molecule has 7 nitrogen and oxygen atoms in total. The van der Waals surface area contributed by atoms with E-state index in [0.29, 0.717) is 17.9 Å². The molecular weight excluding hydrogens is 416 g/mol. The minimum atomic E-state index is -0.139. The quantitative estimate of drug-likeness (QED) is 0.571. The molecule has 33 heavy (non-hydrogen) atoms. The number of amides is 1. The van der Waals surface area contributed by atoms with Crippen LogP contribution >= 0.6 is 0 Å². The van der Waals surface area contributed by atoms with Gasteiger partial charge in [-0.25, -0.2) is 0 Å². The summed E-state index contributed by atoms with van der Waals surface area (Å²) in [7, 11) is 0. The number of hydrogen-bond acceptors (Lipinski definition) is 6. The number of aryl methyl sites for hydroxylation is 3. The fraction of sp³-hybridized carbons (Fsp3) is 0.385. The molecule has 1 N–H and O–H groups in total. The molecule has 4 rings (SSSR count). The summed E-state index contributed by atoms with van der Waals surface area (Å²) in [6.07, 6.45) is 0. The summed E-state index contributed by atoms with van der Waals surface area (Å²) in [6, 6.07) is 13.4. The van der Waals surface area contributed by atoms with Crippen molar-refractivity contribution in [3.8, 4) is 5.75 Å². The number of nitrogens with one attached hydrogen (secondary N) is 1. The lowest BCUT2D eigenvalue weighted by Crippen LogP contribution is -2.46. The summed E-state index contributed by atoms with van der Waals surface area (Å²) in [4.78, 5) is 17.7. The number of nitrogens with zero attached hydrogens (tertiary/aromatic N) is 3. The highest BCUT2D eigenvalue weighted by Crippen LogP contribution is 2.25. The summed E-state index contributed by atoms with van der Waals surface area (Å²) in [5.41, 5.74) is 5.45. The van der Waals surface area contributed by atoms with Gasteiger partial charge in [0.05, 0.1) is 11.3 Å². The van der Waals surface area contributed by atoms with Crippen LogP contribution < -0.4 is 15.0 Å². The summed E-state index contributed by atoms with van der Waals surface area (Å²) in [5, 5.41) is 6.97. The van der Waals surface area contributed by atoms with Crippen LogP contribution in [-0.2, 0) is 6.61 Å². The van der Waals surface area contributed by atoms with E-state index in [1.54, 1.807) is 24.3 Å². The first-order valence-electron chi connectivity index (χ1n) is 11.5. The van der Waals surface area contributed by atoms with Crippen LogP contribution in [0.5, 0.6) is 5.75 Å². The molecule has 174 valence electrons. The molecule has 0 radical (unpaired) electrons. The van der Waals surface area contributed by atoms with Crippen molar-refractivity contribution in [3.63, 3.8) is 0 Å². The first-order valence-corrected chi connectivity index (χ1v) is 11.5. The summed E-state index contributed by atoms with van der Waals surface area (Å²) in [5.74, 6) is 1.31. The van der Waals surface area contributed by atoms with Gasteiger partial charge in [-0.15, -0.1) is 0 Å². The van der Waals surface area contributed by atoms with E-state index in [-0.39, 0.29) is 5.91 Å². The molecule has 1 amide bonds. The molecule has 0 aliphatic carbocycles. The van der Waals surface area contributed by atoms with Crippen molar-refractivity contribution in [2.24, 2.45) is 0 Å². The number of carbonyl (C=O) groups excluding carboxylic acids is 1. The van der Waals surface area contributed by atoms with Crippen molar-refractivity contribution in [2.75, 3.05) is 42.9 Å². The van der Waals surface area contributed by atoms with Crippen LogP contribution in [-0.4, -0.2) is 48.7 Å². The van der Waals surface area contributed by atoms with Crippen molar-refractivity contribution in [1.29, 1.82) is 0 Å². The number of piperazine rings is 1. The molecule has 0 atom stereocenters.